The largest absolute Gasteiger partial charge is 0.494 e. The summed E-state index contributed by atoms with van der Waals surface area (Å²) in [7, 11) is 0. The molecule has 192 valence electrons. The van der Waals surface area contributed by atoms with Crippen molar-refractivity contribution in [2.24, 2.45) is 11.8 Å². The van der Waals surface area contributed by atoms with E-state index < -0.39 is 11.6 Å². The number of hydrogen-bond acceptors (Lipinski definition) is 2. The normalized spacial score (nSPS) is 24.8. The molecule has 2 aromatic rings. The van der Waals surface area contributed by atoms with Crippen LogP contribution in [0.4, 0.5) is 13.2 Å². The van der Waals surface area contributed by atoms with Gasteiger partial charge in [-0.1, -0.05) is 25.5 Å². The van der Waals surface area contributed by atoms with Gasteiger partial charge in [-0.15, -0.1) is 0 Å². The molecule has 0 aromatic heterocycles. The van der Waals surface area contributed by atoms with Gasteiger partial charge in [-0.3, -0.25) is 0 Å². The molecular weight excluding hydrogens is 449 g/mol. The Kier molecular flexibility index (Phi) is 9.02. The molecule has 2 nitrogen and oxygen atoms in total. The second kappa shape index (κ2) is 12.2. The fourth-order valence-corrected chi connectivity index (χ4v) is 6.20. The van der Waals surface area contributed by atoms with Crippen LogP contribution in [0.2, 0.25) is 0 Å². The first kappa shape index (κ1) is 25.9. The molecular formula is C30H39F3O2. The van der Waals surface area contributed by atoms with Crippen molar-refractivity contribution < 1.29 is 22.6 Å². The Morgan fingerprint density at radius 3 is 1.89 bits per heavy atom. The Morgan fingerprint density at radius 1 is 0.714 bits per heavy atom. The molecule has 0 aliphatic heterocycles. The van der Waals surface area contributed by atoms with Gasteiger partial charge in [0.25, 0.3) is 0 Å². The van der Waals surface area contributed by atoms with Crippen LogP contribution in [0.3, 0.4) is 0 Å². The second-order valence-corrected chi connectivity index (χ2v) is 10.3. The van der Waals surface area contributed by atoms with E-state index in [0.29, 0.717) is 36.4 Å². The maximum Gasteiger partial charge on any atom is 0.200 e. The zero-order valence-electron chi connectivity index (χ0n) is 21.1. The van der Waals surface area contributed by atoms with Crippen molar-refractivity contribution in [2.75, 3.05) is 13.2 Å². The molecule has 2 aliphatic carbocycles. The van der Waals surface area contributed by atoms with Gasteiger partial charge in [0.2, 0.25) is 5.82 Å². The van der Waals surface area contributed by atoms with E-state index in [-0.39, 0.29) is 23.4 Å². The summed E-state index contributed by atoms with van der Waals surface area (Å²) in [4.78, 5) is 0. The monoisotopic (exact) mass is 488 g/mol. The summed E-state index contributed by atoms with van der Waals surface area (Å²) in [6.07, 6.45) is 9.90. The van der Waals surface area contributed by atoms with E-state index in [9.17, 15) is 13.2 Å². The molecule has 0 N–H and O–H groups in total. The summed E-state index contributed by atoms with van der Waals surface area (Å²) < 4.78 is 54.8. The molecule has 0 amide bonds. The van der Waals surface area contributed by atoms with Crippen molar-refractivity contribution in [1.29, 1.82) is 0 Å². The molecule has 2 saturated carbocycles. The fourth-order valence-electron chi connectivity index (χ4n) is 6.20. The molecule has 2 aromatic carbocycles. The van der Waals surface area contributed by atoms with Crippen LogP contribution in [-0.4, -0.2) is 13.2 Å². The lowest BCUT2D eigenvalue weighted by atomic mass is 9.67. The van der Waals surface area contributed by atoms with E-state index in [2.05, 4.69) is 0 Å². The molecule has 0 atom stereocenters. The number of hydrogen-bond donors (Lipinski definition) is 0. The topological polar surface area (TPSA) is 18.5 Å². The summed E-state index contributed by atoms with van der Waals surface area (Å²) >= 11 is 0. The molecule has 0 radical (unpaired) electrons. The minimum Gasteiger partial charge on any atom is -0.494 e. The van der Waals surface area contributed by atoms with Gasteiger partial charge in [0, 0.05) is 6.07 Å². The highest BCUT2D eigenvalue weighted by Gasteiger charge is 2.33. The summed E-state index contributed by atoms with van der Waals surface area (Å²) in [5, 5.41) is 0. The lowest BCUT2D eigenvalue weighted by molar-refractivity contribution is 0.175. The first-order valence-corrected chi connectivity index (χ1v) is 13.5. The van der Waals surface area contributed by atoms with Crippen molar-refractivity contribution in [1.82, 2.24) is 0 Å². The van der Waals surface area contributed by atoms with E-state index in [1.807, 2.05) is 26.0 Å². The van der Waals surface area contributed by atoms with Crippen LogP contribution in [0.15, 0.2) is 30.3 Å². The van der Waals surface area contributed by atoms with Gasteiger partial charge in [0.1, 0.15) is 11.6 Å². The molecule has 0 heterocycles. The highest BCUT2D eigenvalue weighted by molar-refractivity contribution is 5.34. The zero-order chi connectivity index (χ0) is 24.8. The van der Waals surface area contributed by atoms with E-state index >= 15 is 0 Å². The Hall–Kier alpha value is -2.17. The molecule has 0 spiro atoms. The van der Waals surface area contributed by atoms with Gasteiger partial charge in [-0.05, 0) is 112 Å². The van der Waals surface area contributed by atoms with Crippen LogP contribution in [0.25, 0.3) is 0 Å². The lowest BCUT2D eigenvalue weighted by Gasteiger charge is -2.38. The Morgan fingerprint density at radius 2 is 1.31 bits per heavy atom. The van der Waals surface area contributed by atoms with Crippen molar-refractivity contribution in [2.45, 2.75) is 89.9 Å². The number of benzene rings is 2. The molecule has 4 rings (SSSR count). The summed E-state index contributed by atoms with van der Waals surface area (Å²) in [6.45, 7) is 4.87. The van der Waals surface area contributed by atoms with Crippen LogP contribution >= 0.6 is 0 Å². The minimum absolute atomic E-state index is 0.0223. The van der Waals surface area contributed by atoms with Crippen molar-refractivity contribution in [3.05, 3.63) is 58.9 Å². The number of halogens is 3. The Balaban J connectivity index is 1.29. The maximum atomic E-state index is 14.8. The highest BCUT2D eigenvalue weighted by atomic mass is 19.2. The van der Waals surface area contributed by atoms with Crippen molar-refractivity contribution in [3.63, 3.8) is 0 Å². The van der Waals surface area contributed by atoms with Gasteiger partial charge in [-0.2, -0.15) is 4.39 Å². The maximum absolute atomic E-state index is 14.8. The average molecular weight is 489 g/mol. The van der Waals surface area contributed by atoms with Crippen LogP contribution in [0.5, 0.6) is 11.5 Å². The first-order valence-electron chi connectivity index (χ1n) is 13.5. The molecule has 2 aliphatic rings. The summed E-state index contributed by atoms with van der Waals surface area (Å²) in [5.74, 6) is 0.490. The molecule has 0 bridgehead atoms. The third-order valence-electron chi connectivity index (χ3n) is 8.21. The quantitative estimate of drug-likeness (QED) is 0.328. The van der Waals surface area contributed by atoms with Gasteiger partial charge in [0.15, 0.2) is 11.6 Å². The van der Waals surface area contributed by atoms with E-state index in [0.717, 1.165) is 69.8 Å². The summed E-state index contributed by atoms with van der Waals surface area (Å²) in [5.41, 5.74) is 1.31. The lowest BCUT2D eigenvalue weighted by Crippen LogP contribution is -2.25. The van der Waals surface area contributed by atoms with Crippen LogP contribution in [0.1, 0.15) is 101 Å². The molecule has 5 heteroatoms. The van der Waals surface area contributed by atoms with Crippen molar-refractivity contribution in [3.8, 4) is 11.5 Å². The van der Waals surface area contributed by atoms with E-state index in [1.165, 1.54) is 6.07 Å². The number of ether oxygens (including phenoxy) is 2. The van der Waals surface area contributed by atoms with Crippen LogP contribution < -0.4 is 9.47 Å². The third kappa shape index (κ3) is 6.16. The standard InChI is InChI=1S/C30H39F3O2/c1-3-5-18-35-28-17-16-26(29(32)30(28)33)23-12-8-21(9-13-23)20-6-10-22(11-7-20)25-15-14-24(34-4-2)19-27(25)31/h14-17,19-23H,3-13,18H2,1-2H3/t20-,21-,22-,23-. The van der Waals surface area contributed by atoms with Crippen LogP contribution in [-0.2, 0) is 0 Å². The average Bonchev–Trinajstić information content (AvgIpc) is 2.87. The van der Waals surface area contributed by atoms with Gasteiger partial charge < -0.3 is 9.47 Å². The van der Waals surface area contributed by atoms with E-state index in [4.69, 9.17) is 9.47 Å². The molecule has 35 heavy (non-hydrogen) atoms. The Labute approximate surface area is 208 Å². The molecule has 0 saturated heterocycles. The van der Waals surface area contributed by atoms with Crippen LogP contribution in [0, 0.1) is 29.3 Å². The van der Waals surface area contributed by atoms with Crippen molar-refractivity contribution >= 4 is 0 Å². The van der Waals surface area contributed by atoms with Gasteiger partial charge in [-0.25, -0.2) is 8.78 Å². The minimum atomic E-state index is -0.847. The predicted molar refractivity (Wildman–Crippen MR) is 134 cm³/mol. The third-order valence-corrected chi connectivity index (χ3v) is 8.21. The van der Waals surface area contributed by atoms with E-state index in [1.54, 1.807) is 12.1 Å². The number of unbranched alkanes of at least 4 members (excludes halogenated alkanes) is 1. The zero-order valence-corrected chi connectivity index (χ0v) is 21.1. The first-order chi connectivity index (χ1) is 17.0. The smallest absolute Gasteiger partial charge is 0.200 e. The van der Waals surface area contributed by atoms with Gasteiger partial charge >= 0.3 is 0 Å². The SMILES string of the molecule is CCCCOc1ccc([C@H]2CC[C@H]([C@H]3CC[C@H](c4ccc(OCC)cc4F)CC3)CC2)c(F)c1F. The summed E-state index contributed by atoms with van der Waals surface area (Å²) in [6, 6.07) is 8.60. The molecule has 2 fully saturated rings. The second-order valence-electron chi connectivity index (χ2n) is 10.3. The molecule has 0 unspecified atom stereocenters. The fraction of sp³-hybridized carbons (Fsp3) is 0.600. The Bertz CT molecular complexity index is 960. The number of rotatable bonds is 9. The predicted octanol–water partition coefficient (Wildman–Crippen LogP) is 8.93. The highest BCUT2D eigenvalue weighted by Crippen LogP contribution is 2.46. The van der Waals surface area contributed by atoms with Gasteiger partial charge in [0.05, 0.1) is 13.2 Å².